The second kappa shape index (κ2) is 4.30. The molecule has 0 aliphatic heterocycles. The van der Waals surface area contributed by atoms with Crippen LogP contribution in [-0.4, -0.2) is 0 Å². The van der Waals surface area contributed by atoms with Gasteiger partial charge in [-0.2, -0.15) is 0 Å². The van der Waals surface area contributed by atoms with E-state index >= 15 is 0 Å². The summed E-state index contributed by atoms with van der Waals surface area (Å²) < 4.78 is 0. The third-order valence-corrected chi connectivity index (χ3v) is 3.39. The molecule has 1 aliphatic carbocycles. The van der Waals surface area contributed by atoms with Crippen molar-refractivity contribution in [3.63, 3.8) is 0 Å². The van der Waals surface area contributed by atoms with Crippen LogP contribution in [0.4, 0.5) is 0 Å². The second-order valence-electron chi connectivity index (χ2n) is 5.33. The zero-order valence-electron chi connectivity index (χ0n) is 9.64. The minimum Gasteiger partial charge on any atom is -0.0993 e. The van der Waals surface area contributed by atoms with Crippen molar-refractivity contribution in [3.8, 4) is 0 Å². The zero-order valence-corrected chi connectivity index (χ0v) is 9.64. The van der Waals surface area contributed by atoms with Crippen molar-refractivity contribution in [3.05, 3.63) is 12.2 Å². The maximum absolute atomic E-state index is 4.29. The first kappa shape index (κ1) is 10.8. The Balaban J connectivity index is 2.50. The molecule has 0 aromatic carbocycles. The molecule has 0 amide bonds. The van der Waals surface area contributed by atoms with Gasteiger partial charge in [0.25, 0.3) is 0 Å². The lowest BCUT2D eigenvalue weighted by Gasteiger charge is -2.19. The fourth-order valence-corrected chi connectivity index (χ4v) is 2.65. The third kappa shape index (κ3) is 2.59. The molecule has 2 unspecified atom stereocenters. The maximum Gasteiger partial charge on any atom is -0.0180 e. The first-order valence-corrected chi connectivity index (χ1v) is 5.71. The molecule has 0 bridgehead atoms. The molecule has 0 heterocycles. The van der Waals surface area contributed by atoms with E-state index in [-0.39, 0.29) is 0 Å². The Morgan fingerprint density at radius 1 is 1.23 bits per heavy atom. The lowest BCUT2D eigenvalue weighted by atomic mass is 9.86. The highest BCUT2D eigenvalue weighted by Gasteiger charge is 2.30. The fraction of sp³-hybridized carbons (Fsp3) is 0.846. The Labute approximate surface area is 83.4 Å². The lowest BCUT2D eigenvalue weighted by Crippen LogP contribution is -2.09. The molecule has 0 nitrogen and oxygen atoms in total. The zero-order chi connectivity index (χ0) is 10.0. The van der Waals surface area contributed by atoms with Gasteiger partial charge in [0.15, 0.2) is 0 Å². The molecular formula is C13H24. The molecule has 0 saturated heterocycles. The molecule has 0 spiro atoms. The highest BCUT2D eigenvalue weighted by atomic mass is 14.4. The Morgan fingerprint density at radius 2 is 1.85 bits per heavy atom. The molecule has 0 aromatic rings. The van der Waals surface area contributed by atoms with Crippen molar-refractivity contribution < 1.29 is 0 Å². The van der Waals surface area contributed by atoms with Gasteiger partial charge >= 0.3 is 0 Å². The third-order valence-electron chi connectivity index (χ3n) is 3.39. The second-order valence-corrected chi connectivity index (χ2v) is 5.33. The fourth-order valence-electron chi connectivity index (χ4n) is 2.65. The SMILES string of the molecule is C=C1C(CC(C)C)CCC1C(C)C. The summed E-state index contributed by atoms with van der Waals surface area (Å²) in [4.78, 5) is 0. The number of allylic oxidation sites excluding steroid dienone is 1. The topological polar surface area (TPSA) is 0 Å². The Hall–Kier alpha value is -0.260. The van der Waals surface area contributed by atoms with Crippen LogP contribution in [0.25, 0.3) is 0 Å². The smallest absolute Gasteiger partial charge is 0.0180 e. The molecule has 0 heteroatoms. The highest BCUT2D eigenvalue weighted by Crippen LogP contribution is 2.42. The molecule has 0 radical (unpaired) electrons. The molecule has 1 rings (SSSR count). The van der Waals surface area contributed by atoms with Crippen LogP contribution in [0.2, 0.25) is 0 Å². The van der Waals surface area contributed by atoms with E-state index in [0.717, 1.165) is 23.7 Å². The average molecular weight is 180 g/mol. The van der Waals surface area contributed by atoms with Crippen molar-refractivity contribution in [1.82, 2.24) is 0 Å². The van der Waals surface area contributed by atoms with Crippen molar-refractivity contribution in [2.75, 3.05) is 0 Å². The van der Waals surface area contributed by atoms with Crippen LogP contribution in [0.15, 0.2) is 12.2 Å². The van der Waals surface area contributed by atoms with Crippen LogP contribution in [0, 0.1) is 23.7 Å². The summed E-state index contributed by atoms with van der Waals surface area (Å²) in [6.07, 6.45) is 4.12. The monoisotopic (exact) mass is 180 g/mol. The molecule has 76 valence electrons. The van der Waals surface area contributed by atoms with E-state index < -0.39 is 0 Å². The predicted octanol–water partition coefficient (Wildman–Crippen LogP) is 4.27. The van der Waals surface area contributed by atoms with E-state index in [1.54, 1.807) is 5.57 Å². The van der Waals surface area contributed by atoms with Crippen molar-refractivity contribution in [1.29, 1.82) is 0 Å². The summed E-state index contributed by atoms with van der Waals surface area (Å²) in [5.41, 5.74) is 1.55. The summed E-state index contributed by atoms with van der Waals surface area (Å²) in [6, 6.07) is 0. The van der Waals surface area contributed by atoms with Crippen LogP contribution in [-0.2, 0) is 0 Å². The van der Waals surface area contributed by atoms with E-state index in [9.17, 15) is 0 Å². The van der Waals surface area contributed by atoms with Gasteiger partial charge in [0.1, 0.15) is 0 Å². The van der Waals surface area contributed by atoms with Crippen molar-refractivity contribution in [2.24, 2.45) is 23.7 Å². The molecule has 1 aliphatic rings. The van der Waals surface area contributed by atoms with Gasteiger partial charge in [-0.05, 0) is 42.9 Å². The normalized spacial score (nSPS) is 29.2. The Morgan fingerprint density at radius 3 is 2.23 bits per heavy atom. The van der Waals surface area contributed by atoms with Crippen LogP contribution in [0.5, 0.6) is 0 Å². The van der Waals surface area contributed by atoms with E-state index in [2.05, 4.69) is 34.3 Å². The summed E-state index contributed by atoms with van der Waals surface area (Å²) in [5, 5.41) is 0. The van der Waals surface area contributed by atoms with Crippen molar-refractivity contribution >= 4 is 0 Å². The van der Waals surface area contributed by atoms with Gasteiger partial charge in [-0.25, -0.2) is 0 Å². The standard InChI is InChI=1S/C13H24/c1-9(2)8-12-6-7-13(10(3)4)11(12)5/h9-10,12-13H,5-8H2,1-4H3. The summed E-state index contributed by atoms with van der Waals surface area (Å²) in [6.45, 7) is 13.6. The number of rotatable bonds is 3. The first-order chi connectivity index (χ1) is 6.02. The number of hydrogen-bond acceptors (Lipinski definition) is 0. The highest BCUT2D eigenvalue weighted by molar-refractivity contribution is 5.12. The van der Waals surface area contributed by atoms with Gasteiger partial charge in [0.05, 0.1) is 0 Å². The quantitative estimate of drug-likeness (QED) is 0.569. The molecule has 0 N–H and O–H groups in total. The minimum atomic E-state index is 0.796. The lowest BCUT2D eigenvalue weighted by molar-refractivity contribution is 0.448. The Bertz CT molecular complexity index is 176. The van der Waals surface area contributed by atoms with Gasteiger partial charge in [-0.15, -0.1) is 0 Å². The molecular weight excluding hydrogens is 156 g/mol. The molecule has 1 fully saturated rings. The van der Waals surface area contributed by atoms with E-state index in [4.69, 9.17) is 0 Å². The van der Waals surface area contributed by atoms with Gasteiger partial charge in [-0.3, -0.25) is 0 Å². The Kier molecular flexibility index (Phi) is 3.58. The van der Waals surface area contributed by atoms with Gasteiger partial charge in [0.2, 0.25) is 0 Å². The first-order valence-electron chi connectivity index (χ1n) is 5.71. The molecule has 1 saturated carbocycles. The van der Waals surface area contributed by atoms with Gasteiger partial charge in [0, 0.05) is 0 Å². The summed E-state index contributed by atoms with van der Waals surface area (Å²) in [7, 11) is 0. The molecule has 2 atom stereocenters. The van der Waals surface area contributed by atoms with Crippen LogP contribution < -0.4 is 0 Å². The average Bonchev–Trinajstić information content (AvgIpc) is 2.32. The predicted molar refractivity (Wildman–Crippen MR) is 59.6 cm³/mol. The van der Waals surface area contributed by atoms with Crippen LogP contribution >= 0.6 is 0 Å². The van der Waals surface area contributed by atoms with Gasteiger partial charge < -0.3 is 0 Å². The number of hydrogen-bond donors (Lipinski definition) is 0. The van der Waals surface area contributed by atoms with Crippen LogP contribution in [0.3, 0.4) is 0 Å². The summed E-state index contributed by atoms with van der Waals surface area (Å²) >= 11 is 0. The van der Waals surface area contributed by atoms with Crippen LogP contribution in [0.1, 0.15) is 47.0 Å². The van der Waals surface area contributed by atoms with E-state index in [0.29, 0.717) is 0 Å². The van der Waals surface area contributed by atoms with E-state index in [1.165, 1.54) is 19.3 Å². The van der Waals surface area contributed by atoms with E-state index in [1.807, 2.05) is 0 Å². The molecule has 0 aromatic heterocycles. The molecule has 13 heavy (non-hydrogen) atoms. The van der Waals surface area contributed by atoms with Gasteiger partial charge in [-0.1, -0.05) is 39.8 Å². The largest absolute Gasteiger partial charge is 0.0993 e. The maximum atomic E-state index is 4.29. The van der Waals surface area contributed by atoms with Crippen molar-refractivity contribution in [2.45, 2.75) is 47.0 Å². The minimum absolute atomic E-state index is 0.796. The summed E-state index contributed by atoms with van der Waals surface area (Å²) in [5.74, 6) is 3.26.